The molecule has 0 saturated heterocycles. The van der Waals surface area contributed by atoms with Gasteiger partial charge < -0.3 is 9.64 Å². The maximum Gasteiger partial charge on any atom is 0.315 e. The molecule has 0 N–H and O–H groups in total. The van der Waals surface area contributed by atoms with Crippen molar-refractivity contribution >= 4 is 11.9 Å². The zero-order valence-electron chi connectivity index (χ0n) is 10.1. The van der Waals surface area contributed by atoms with E-state index in [1.54, 1.807) is 0 Å². The highest BCUT2D eigenvalue weighted by Gasteiger charge is 2.16. The van der Waals surface area contributed by atoms with Crippen molar-refractivity contribution < 1.29 is 23.1 Å². The van der Waals surface area contributed by atoms with Crippen LogP contribution in [0.1, 0.15) is 12.0 Å². The highest BCUT2D eigenvalue weighted by molar-refractivity contribution is 5.94. The molecule has 1 amide bonds. The van der Waals surface area contributed by atoms with E-state index in [2.05, 4.69) is 4.74 Å². The number of esters is 1. The highest BCUT2D eigenvalue weighted by atomic mass is 19.1. The number of nitrogens with zero attached hydrogens (tertiary/aromatic N) is 1. The van der Waals surface area contributed by atoms with Crippen molar-refractivity contribution in [3.05, 3.63) is 35.4 Å². The molecule has 0 aliphatic heterocycles. The number of carbonyl (C=O) groups excluding carboxylic acids is 2. The lowest BCUT2D eigenvalue weighted by Crippen LogP contribution is -2.28. The van der Waals surface area contributed by atoms with E-state index in [-0.39, 0.29) is 12.1 Å². The first-order chi connectivity index (χ1) is 8.43. The van der Waals surface area contributed by atoms with Gasteiger partial charge in [0.2, 0.25) is 5.91 Å². The molecule has 0 aliphatic carbocycles. The van der Waals surface area contributed by atoms with Gasteiger partial charge in [-0.25, -0.2) is 8.78 Å². The van der Waals surface area contributed by atoms with E-state index in [4.69, 9.17) is 0 Å². The van der Waals surface area contributed by atoms with Gasteiger partial charge in [-0.05, 0) is 18.2 Å². The molecule has 0 heterocycles. The number of rotatable bonds is 4. The Kier molecular flexibility index (Phi) is 4.76. The van der Waals surface area contributed by atoms with Gasteiger partial charge >= 0.3 is 5.97 Å². The van der Waals surface area contributed by atoms with Crippen LogP contribution in [0.3, 0.4) is 0 Å². The van der Waals surface area contributed by atoms with Crippen molar-refractivity contribution in [2.45, 2.75) is 13.0 Å². The Morgan fingerprint density at radius 3 is 2.61 bits per heavy atom. The van der Waals surface area contributed by atoms with Crippen LogP contribution >= 0.6 is 0 Å². The highest BCUT2D eigenvalue weighted by Crippen LogP contribution is 2.12. The van der Waals surface area contributed by atoms with Crippen LogP contribution in [-0.4, -0.2) is 30.9 Å². The van der Waals surface area contributed by atoms with Gasteiger partial charge in [-0.2, -0.15) is 0 Å². The van der Waals surface area contributed by atoms with Crippen LogP contribution < -0.4 is 0 Å². The van der Waals surface area contributed by atoms with Gasteiger partial charge in [0.25, 0.3) is 0 Å². The Bertz CT molecular complexity index is 463. The third-order valence-corrected chi connectivity index (χ3v) is 2.36. The van der Waals surface area contributed by atoms with Crippen LogP contribution in [-0.2, 0) is 20.9 Å². The maximum absolute atomic E-state index is 13.3. The van der Waals surface area contributed by atoms with Crippen LogP contribution in [0.2, 0.25) is 0 Å². The van der Waals surface area contributed by atoms with Crippen molar-refractivity contribution in [1.29, 1.82) is 0 Å². The number of carbonyl (C=O) groups is 2. The quantitative estimate of drug-likeness (QED) is 0.606. The second-order valence-corrected chi connectivity index (χ2v) is 3.74. The molecule has 0 radical (unpaired) electrons. The summed E-state index contributed by atoms with van der Waals surface area (Å²) in [4.78, 5) is 23.6. The minimum atomic E-state index is -0.674. The molecule has 0 aliphatic rings. The summed E-state index contributed by atoms with van der Waals surface area (Å²) in [6.45, 7) is -0.112. The zero-order chi connectivity index (χ0) is 13.7. The Hall–Kier alpha value is -1.98. The largest absolute Gasteiger partial charge is 0.469 e. The van der Waals surface area contributed by atoms with Crippen molar-refractivity contribution in [2.75, 3.05) is 14.2 Å². The van der Waals surface area contributed by atoms with E-state index in [1.165, 1.54) is 14.2 Å². The van der Waals surface area contributed by atoms with E-state index in [0.717, 1.165) is 23.1 Å². The fourth-order valence-electron chi connectivity index (χ4n) is 1.34. The second kappa shape index (κ2) is 6.09. The summed E-state index contributed by atoms with van der Waals surface area (Å²) in [6, 6.07) is 3.00. The van der Waals surface area contributed by atoms with Crippen LogP contribution in [0.5, 0.6) is 0 Å². The number of halogens is 2. The van der Waals surface area contributed by atoms with Gasteiger partial charge in [0, 0.05) is 19.2 Å². The standard InChI is InChI=1S/C12H13F2NO3/c1-15(11(16)6-12(17)18-2)7-8-5-9(13)3-4-10(8)14/h3-5H,6-7H2,1-2H3. The smallest absolute Gasteiger partial charge is 0.315 e. The third kappa shape index (κ3) is 3.80. The number of ether oxygens (including phenoxy) is 1. The fraction of sp³-hybridized carbons (Fsp3) is 0.333. The lowest BCUT2D eigenvalue weighted by Gasteiger charge is -2.17. The van der Waals surface area contributed by atoms with Gasteiger partial charge in [0.05, 0.1) is 7.11 Å². The summed E-state index contributed by atoms with van der Waals surface area (Å²) in [6.07, 6.45) is -0.427. The summed E-state index contributed by atoms with van der Waals surface area (Å²) >= 11 is 0. The van der Waals surface area contributed by atoms with E-state index >= 15 is 0 Å². The number of methoxy groups -OCH3 is 1. The molecule has 18 heavy (non-hydrogen) atoms. The summed E-state index contributed by atoms with van der Waals surface area (Å²) in [7, 11) is 2.57. The summed E-state index contributed by atoms with van der Waals surface area (Å²) in [5.41, 5.74) is 0.0516. The van der Waals surface area contributed by atoms with E-state index in [1.807, 2.05) is 0 Å². The van der Waals surface area contributed by atoms with E-state index < -0.39 is 29.9 Å². The Labute approximate surface area is 103 Å². The fourth-order valence-corrected chi connectivity index (χ4v) is 1.34. The van der Waals surface area contributed by atoms with Crippen molar-refractivity contribution in [1.82, 2.24) is 4.90 Å². The molecule has 98 valence electrons. The van der Waals surface area contributed by atoms with Crippen molar-refractivity contribution in [3.63, 3.8) is 0 Å². The molecule has 1 rings (SSSR count). The predicted molar refractivity (Wildman–Crippen MR) is 59.5 cm³/mol. The summed E-state index contributed by atoms with van der Waals surface area (Å²) in [5.74, 6) is -2.38. The molecular formula is C12H13F2NO3. The normalized spacial score (nSPS) is 10.0. The topological polar surface area (TPSA) is 46.6 Å². The minimum Gasteiger partial charge on any atom is -0.469 e. The zero-order valence-corrected chi connectivity index (χ0v) is 10.1. The molecule has 0 spiro atoms. The van der Waals surface area contributed by atoms with Crippen LogP contribution in [0.15, 0.2) is 18.2 Å². The number of benzene rings is 1. The predicted octanol–water partition coefficient (Wildman–Crippen LogP) is 1.49. The second-order valence-electron chi connectivity index (χ2n) is 3.74. The van der Waals surface area contributed by atoms with Gasteiger partial charge in [-0.15, -0.1) is 0 Å². The molecule has 0 atom stereocenters. The average molecular weight is 257 g/mol. The van der Waals surface area contributed by atoms with Gasteiger partial charge in [0.1, 0.15) is 18.1 Å². The molecule has 0 saturated carbocycles. The van der Waals surface area contributed by atoms with Crippen LogP contribution in [0, 0.1) is 11.6 Å². The molecule has 0 fully saturated rings. The lowest BCUT2D eigenvalue weighted by atomic mass is 10.2. The first-order valence-electron chi connectivity index (χ1n) is 5.18. The number of hydrogen-bond donors (Lipinski definition) is 0. The van der Waals surface area contributed by atoms with Gasteiger partial charge in [-0.1, -0.05) is 0 Å². The lowest BCUT2D eigenvalue weighted by molar-refractivity contribution is -0.146. The molecule has 1 aromatic carbocycles. The van der Waals surface area contributed by atoms with Gasteiger partial charge in [0.15, 0.2) is 0 Å². The van der Waals surface area contributed by atoms with Crippen LogP contribution in [0.25, 0.3) is 0 Å². The van der Waals surface area contributed by atoms with Crippen molar-refractivity contribution in [3.8, 4) is 0 Å². The minimum absolute atomic E-state index is 0.0516. The number of amides is 1. The molecule has 0 unspecified atom stereocenters. The Morgan fingerprint density at radius 1 is 1.33 bits per heavy atom. The first kappa shape index (κ1) is 14.1. The molecule has 0 aromatic heterocycles. The molecular weight excluding hydrogens is 244 g/mol. The molecule has 4 nitrogen and oxygen atoms in total. The van der Waals surface area contributed by atoms with Crippen LogP contribution in [0.4, 0.5) is 8.78 Å². The summed E-state index contributed by atoms with van der Waals surface area (Å²) in [5, 5.41) is 0. The van der Waals surface area contributed by atoms with E-state index in [0.29, 0.717) is 0 Å². The van der Waals surface area contributed by atoms with Gasteiger partial charge in [-0.3, -0.25) is 9.59 Å². The summed E-state index contributed by atoms with van der Waals surface area (Å²) < 4.78 is 30.6. The Morgan fingerprint density at radius 2 is 2.00 bits per heavy atom. The Balaban J connectivity index is 2.69. The molecule has 6 heteroatoms. The molecule has 0 bridgehead atoms. The first-order valence-corrected chi connectivity index (χ1v) is 5.18. The average Bonchev–Trinajstić information content (AvgIpc) is 2.33. The van der Waals surface area contributed by atoms with Crippen molar-refractivity contribution in [2.24, 2.45) is 0 Å². The number of hydrogen-bond acceptors (Lipinski definition) is 3. The molecule has 1 aromatic rings. The monoisotopic (exact) mass is 257 g/mol. The van der Waals surface area contributed by atoms with E-state index in [9.17, 15) is 18.4 Å². The SMILES string of the molecule is COC(=O)CC(=O)N(C)Cc1cc(F)ccc1F. The third-order valence-electron chi connectivity index (χ3n) is 2.36. The maximum atomic E-state index is 13.3.